The van der Waals surface area contributed by atoms with Crippen molar-refractivity contribution in [3.8, 4) is 0 Å². The molecule has 1 amide bonds. The molecule has 0 aliphatic rings. The Labute approximate surface area is 98.8 Å². The third-order valence-electron chi connectivity index (χ3n) is 2.11. The van der Waals surface area contributed by atoms with Gasteiger partial charge in [0.05, 0.1) is 6.54 Å². The summed E-state index contributed by atoms with van der Waals surface area (Å²) in [5.74, 6) is -0.680. The zero-order valence-corrected chi connectivity index (χ0v) is 9.56. The predicted octanol–water partition coefficient (Wildman–Crippen LogP) is 1.49. The maximum Gasteiger partial charge on any atom is 0.231 e. The zero-order chi connectivity index (χ0) is 12.0. The lowest BCUT2D eigenvalue weighted by atomic mass is 10.1. The third-order valence-corrected chi connectivity index (χ3v) is 2.35. The number of carbonyl (C=O) groups excluding carboxylic acids is 1. The molecule has 0 heterocycles. The highest BCUT2D eigenvalue weighted by atomic mass is 35.5. The van der Waals surface area contributed by atoms with Crippen LogP contribution in [0.15, 0.2) is 18.2 Å². The van der Waals surface area contributed by atoms with Crippen LogP contribution in [0.1, 0.15) is 12.0 Å². The van der Waals surface area contributed by atoms with Gasteiger partial charge in [0.2, 0.25) is 5.91 Å². The number of rotatable bonds is 6. The highest BCUT2D eigenvalue weighted by molar-refractivity contribution is 6.30. The van der Waals surface area contributed by atoms with E-state index in [9.17, 15) is 9.18 Å². The van der Waals surface area contributed by atoms with Gasteiger partial charge in [-0.3, -0.25) is 4.79 Å². The van der Waals surface area contributed by atoms with E-state index in [0.717, 1.165) is 6.42 Å². The van der Waals surface area contributed by atoms with E-state index in [1.54, 1.807) is 12.1 Å². The highest BCUT2D eigenvalue weighted by Crippen LogP contribution is 2.15. The van der Waals surface area contributed by atoms with Crippen molar-refractivity contribution in [2.24, 2.45) is 5.73 Å². The fourth-order valence-corrected chi connectivity index (χ4v) is 1.50. The molecule has 1 rings (SSSR count). The molecule has 0 aliphatic heterocycles. The first kappa shape index (κ1) is 12.9. The molecule has 0 bridgehead atoms. The van der Waals surface area contributed by atoms with Crippen LogP contribution in [0, 0.1) is 5.82 Å². The van der Waals surface area contributed by atoms with E-state index in [1.165, 1.54) is 6.07 Å². The SMILES string of the molecule is NC(=O)CNCCCc1ccc(Cl)cc1F. The molecule has 3 N–H and O–H groups in total. The third kappa shape index (κ3) is 4.59. The summed E-state index contributed by atoms with van der Waals surface area (Å²) in [7, 11) is 0. The first-order chi connectivity index (χ1) is 7.59. The largest absolute Gasteiger partial charge is 0.369 e. The number of hydrogen-bond acceptors (Lipinski definition) is 2. The highest BCUT2D eigenvalue weighted by Gasteiger charge is 2.02. The van der Waals surface area contributed by atoms with Crippen molar-refractivity contribution in [3.63, 3.8) is 0 Å². The number of nitrogens with two attached hydrogens (primary N) is 1. The molecule has 16 heavy (non-hydrogen) atoms. The molecular formula is C11H14ClFN2O. The first-order valence-electron chi connectivity index (χ1n) is 5.02. The number of carbonyl (C=O) groups is 1. The van der Waals surface area contributed by atoms with Crippen molar-refractivity contribution in [2.45, 2.75) is 12.8 Å². The molecule has 0 saturated heterocycles. The molecule has 5 heteroatoms. The van der Waals surface area contributed by atoms with Crippen molar-refractivity contribution < 1.29 is 9.18 Å². The number of aryl methyl sites for hydroxylation is 1. The molecule has 1 aromatic carbocycles. The van der Waals surface area contributed by atoms with Gasteiger partial charge in [-0.15, -0.1) is 0 Å². The second-order valence-electron chi connectivity index (χ2n) is 3.48. The van der Waals surface area contributed by atoms with Gasteiger partial charge in [-0.05, 0) is 37.1 Å². The molecule has 0 unspecified atom stereocenters. The molecule has 0 aliphatic carbocycles. The van der Waals surface area contributed by atoms with Crippen LogP contribution < -0.4 is 11.1 Å². The quantitative estimate of drug-likeness (QED) is 0.745. The van der Waals surface area contributed by atoms with Gasteiger partial charge in [-0.2, -0.15) is 0 Å². The van der Waals surface area contributed by atoms with E-state index < -0.39 is 5.91 Å². The summed E-state index contributed by atoms with van der Waals surface area (Å²) in [6.07, 6.45) is 1.35. The molecular weight excluding hydrogens is 231 g/mol. The van der Waals surface area contributed by atoms with Crippen molar-refractivity contribution in [3.05, 3.63) is 34.6 Å². The Morgan fingerprint density at radius 3 is 2.88 bits per heavy atom. The van der Waals surface area contributed by atoms with Gasteiger partial charge in [-0.25, -0.2) is 4.39 Å². The number of benzene rings is 1. The van der Waals surface area contributed by atoms with Crippen molar-refractivity contribution in [1.29, 1.82) is 0 Å². The molecule has 0 saturated carbocycles. The van der Waals surface area contributed by atoms with Crippen LogP contribution in [0.25, 0.3) is 0 Å². The standard InChI is InChI=1S/C11H14ClFN2O/c12-9-4-3-8(10(13)6-9)2-1-5-15-7-11(14)16/h3-4,6,15H,1-2,5,7H2,(H2,14,16). The number of amides is 1. The smallest absolute Gasteiger partial charge is 0.231 e. The lowest BCUT2D eigenvalue weighted by Crippen LogP contribution is -2.29. The van der Waals surface area contributed by atoms with Gasteiger partial charge in [0.25, 0.3) is 0 Å². The van der Waals surface area contributed by atoms with Gasteiger partial charge < -0.3 is 11.1 Å². The van der Waals surface area contributed by atoms with E-state index in [-0.39, 0.29) is 12.4 Å². The Morgan fingerprint density at radius 1 is 1.50 bits per heavy atom. The molecule has 3 nitrogen and oxygen atoms in total. The summed E-state index contributed by atoms with van der Waals surface area (Å²) in [4.78, 5) is 10.4. The predicted molar refractivity (Wildman–Crippen MR) is 61.8 cm³/mol. The zero-order valence-electron chi connectivity index (χ0n) is 8.80. The van der Waals surface area contributed by atoms with E-state index in [0.29, 0.717) is 23.6 Å². The van der Waals surface area contributed by atoms with Crippen LogP contribution in [0.4, 0.5) is 4.39 Å². The maximum atomic E-state index is 13.3. The number of halogens is 2. The van der Waals surface area contributed by atoms with Crippen LogP contribution in [0.5, 0.6) is 0 Å². The second kappa shape index (κ2) is 6.45. The Bertz CT molecular complexity index is 371. The Kier molecular flexibility index (Phi) is 5.22. The van der Waals surface area contributed by atoms with Crippen molar-refractivity contribution >= 4 is 17.5 Å². The molecule has 0 atom stereocenters. The minimum Gasteiger partial charge on any atom is -0.369 e. The average Bonchev–Trinajstić information content (AvgIpc) is 2.20. The normalized spacial score (nSPS) is 10.4. The van der Waals surface area contributed by atoms with Gasteiger partial charge in [-0.1, -0.05) is 17.7 Å². The molecule has 1 aromatic rings. The van der Waals surface area contributed by atoms with Crippen molar-refractivity contribution in [1.82, 2.24) is 5.32 Å². The van der Waals surface area contributed by atoms with Gasteiger partial charge in [0, 0.05) is 5.02 Å². The fraction of sp³-hybridized carbons (Fsp3) is 0.364. The summed E-state index contributed by atoms with van der Waals surface area (Å²) in [6, 6.07) is 4.64. The second-order valence-corrected chi connectivity index (χ2v) is 3.92. The van der Waals surface area contributed by atoms with Gasteiger partial charge in [0.15, 0.2) is 0 Å². The summed E-state index contributed by atoms with van der Waals surface area (Å²) in [5, 5.41) is 3.26. The van der Waals surface area contributed by atoms with Crippen LogP contribution in [0.2, 0.25) is 5.02 Å². The number of hydrogen-bond donors (Lipinski definition) is 2. The van der Waals surface area contributed by atoms with Crippen molar-refractivity contribution in [2.75, 3.05) is 13.1 Å². The fourth-order valence-electron chi connectivity index (χ4n) is 1.34. The monoisotopic (exact) mass is 244 g/mol. The Hall–Kier alpha value is -1.13. The lowest BCUT2D eigenvalue weighted by molar-refractivity contribution is -0.117. The maximum absolute atomic E-state index is 13.3. The number of nitrogens with one attached hydrogen (secondary N) is 1. The van der Waals surface area contributed by atoms with E-state index in [2.05, 4.69) is 5.32 Å². The number of primary amides is 1. The molecule has 0 aromatic heterocycles. The van der Waals surface area contributed by atoms with Crippen LogP contribution in [-0.4, -0.2) is 19.0 Å². The van der Waals surface area contributed by atoms with Crippen LogP contribution in [-0.2, 0) is 11.2 Å². The molecule has 88 valence electrons. The average molecular weight is 245 g/mol. The summed E-state index contributed by atoms with van der Waals surface area (Å²) >= 11 is 5.63. The van der Waals surface area contributed by atoms with Crippen LogP contribution >= 0.6 is 11.6 Å². The Balaban J connectivity index is 2.29. The van der Waals surface area contributed by atoms with Gasteiger partial charge >= 0.3 is 0 Å². The van der Waals surface area contributed by atoms with Crippen LogP contribution in [0.3, 0.4) is 0 Å². The lowest BCUT2D eigenvalue weighted by Gasteiger charge is -2.04. The molecule has 0 spiro atoms. The molecule has 0 radical (unpaired) electrons. The molecule has 0 fully saturated rings. The van der Waals surface area contributed by atoms with E-state index >= 15 is 0 Å². The minimum absolute atomic E-state index is 0.156. The van der Waals surface area contributed by atoms with Gasteiger partial charge in [0.1, 0.15) is 5.82 Å². The summed E-state index contributed by atoms with van der Waals surface area (Å²) < 4.78 is 13.3. The van der Waals surface area contributed by atoms with E-state index in [1.807, 2.05) is 0 Å². The minimum atomic E-state index is -0.391. The first-order valence-corrected chi connectivity index (χ1v) is 5.40. The summed E-state index contributed by atoms with van der Waals surface area (Å²) in [6.45, 7) is 0.786. The Morgan fingerprint density at radius 2 is 2.25 bits per heavy atom. The summed E-state index contributed by atoms with van der Waals surface area (Å²) in [5.41, 5.74) is 5.58. The topological polar surface area (TPSA) is 55.1 Å². The van der Waals surface area contributed by atoms with E-state index in [4.69, 9.17) is 17.3 Å².